The van der Waals surface area contributed by atoms with Crippen LogP contribution in [0.4, 0.5) is 4.39 Å². The van der Waals surface area contributed by atoms with Crippen molar-refractivity contribution in [2.75, 3.05) is 20.0 Å². The first-order valence-electron chi connectivity index (χ1n) is 16.0. The number of ether oxygens (including phenoxy) is 1. The van der Waals surface area contributed by atoms with Crippen LogP contribution in [0.5, 0.6) is 5.75 Å². The van der Waals surface area contributed by atoms with E-state index in [0.717, 1.165) is 61.1 Å². The van der Waals surface area contributed by atoms with Gasteiger partial charge in [0.05, 0.1) is 0 Å². The molecule has 2 aromatic rings. The fraction of sp³-hybridized carbons (Fsp3) is 0.541. The highest BCUT2D eigenvalue weighted by Crippen LogP contribution is 2.26. The lowest BCUT2D eigenvalue weighted by molar-refractivity contribution is 0.0672. The molecule has 0 unspecified atom stereocenters. The van der Waals surface area contributed by atoms with Crippen LogP contribution in [-0.4, -0.2) is 42.8 Å². The number of hydrogen-bond acceptors (Lipinski definition) is 6. The van der Waals surface area contributed by atoms with Crippen molar-refractivity contribution in [1.29, 1.82) is 10.8 Å². The first-order valence-corrected chi connectivity index (χ1v) is 16.0. The van der Waals surface area contributed by atoms with Crippen LogP contribution in [0, 0.1) is 17.7 Å². The van der Waals surface area contributed by atoms with Crippen molar-refractivity contribution < 1.29 is 19.0 Å². The van der Waals surface area contributed by atoms with Gasteiger partial charge in [-0.1, -0.05) is 89.9 Å². The molecule has 0 saturated heterocycles. The van der Waals surface area contributed by atoms with Crippen LogP contribution in [0.3, 0.4) is 0 Å². The molecule has 0 amide bonds. The minimum absolute atomic E-state index is 0.115. The highest BCUT2D eigenvalue weighted by molar-refractivity contribution is 5.98. The second-order valence-corrected chi connectivity index (χ2v) is 9.78. The van der Waals surface area contributed by atoms with Gasteiger partial charge in [-0.05, 0) is 75.9 Å². The average Bonchev–Trinajstić information content (AvgIpc) is 2.99. The van der Waals surface area contributed by atoms with Crippen LogP contribution < -0.4 is 5.32 Å². The van der Waals surface area contributed by atoms with E-state index in [2.05, 4.69) is 61.7 Å². The zero-order chi connectivity index (χ0) is 34.3. The van der Waals surface area contributed by atoms with Crippen molar-refractivity contribution in [3.8, 4) is 5.75 Å². The van der Waals surface area contributed by atoms with E-state index in [1.807, 2.05) is 33.8 Å². The van der Waals surface area contributed by atoms with Gasteiger partial charge in [0, 0.05) is 49.4 Å². The van der Waals surface area contributed by atoms with Gasteiger partial charge < -0.3 is 26.0 Å². The zero-order valence-corrected chi connectivity index (χ0v) is 29.2. The van der Waals surface area contributed by atoms with E-state index in [9.17, 15) is 14.3 Å². The fourth-order valence-electron chi connectivity index (χ4n) is 3.84. The van der Waals surface area contributed by atoms with E-state index in [1.165, 1.54) is 17.3 Å². The van der Waals surface area contributed by atoms with Gasteiger partial charge in [0.25, 0.3) is 0 Å². The molecule has 0 fully saturated rings. The normalized spacial score (nSPS) is 9.41. The molecule has 7 heteroatoms. The lowest BCUT2D eigenvalue weighted by atomic mass is 9.95. The molecule has 0 aromatic heterocycles. The van der Waals surface area contributed by atoms with Crippen molar-refractivity contribution in [2.45, 2.75) is 114 Å². The van der Waals surface area contributed by atoms with Gasteiger partial charge in [-0.3, -0.25) is 4.79 Å². The fourth-order valence-corrected chi connectivity index (χ4v) is 3.84. The van der Waals surface area contributed by atoms with E-state index >= 15 is 0 Å². The smallest absolute Gasteiger partial charge is 0.188 e. The molecule has 2 rings (SSSR count). The van der Waals surface area contributed by atoms with E-state index in [-0.39, 0.29) is 11.5 Å². The Morgan fingerprint density at radius 3 is 2.11 bits per heavy atom. The molecule has 0 heterocycles. The molecule has 250 valence electrons. The molecule has 0 aliphatic heterocycles. The Labute approximate surface area is 268 Å². The molecule has 0 saturated carbocycles. The summed E-state index contributed by atoms with van der Waals surface area (Å²) in [4.78, 5) is 12.2. The molecule has 2 aromatic carbocycles. The Bertz CT molecular complexity index is 1050. The number of ketones is 1. The number of aryl methyl sites for hydroxylation is 1. The number of phenols is 1. The number of aromatic hydroxyl groups is 1. The topological polar surface area (TPSA) is 106 Å². The van der Waals surface area contributed by atoms with Gasteiger partial charge in [-0.25, -0.2) is 4.39 Å². The van der Waals surface area contributed by atoms with Crippen LogP contribution in [0.2, 0.25) is 0 Å². The second kappa shape index (κ2) is 31.3. The predicted molar refractivity (Wildman–Crippen MR) is 189 cm³/mol. The molecule has 0 atom stereocenters. The largest absolute Gasteiger partial charge is 0.508 e. The molecule has 0 radical (unpaired) electrons. The van der Waals surface area contributed by atoms with E-state index in [1.54, 1.807) is 19.9 Å². The van der Waals surface area contributed by atoms with E-state index in [4.69, 9.17) is 10.8 Å². The lowest BCUT2D eigenvalue weighted by Crippen LogP contribution is -2.16. The standard InChI is InChI=1S/C18H27NO2.C12H17N.C3H7FO.C2H5N.C2H6/c1-5-8-17(20)16-9-14(10-18(21)15(16)7-3)12-19-11-13(4)6-2;1-3-5-12(13)9-11-7-4-6-10(2)8-11;1-2-5-3-4;1-2-3;1-2/h9-10,19,21H,4-8,11-12H2,1-3H3;4,6-8,13H,3,5,9H2,1-2H3;2-3H2,1H3;2-3H,1H3;1-2H3. The van der Waals surface area contributed by atoms with Crippen LogP contribution in [0.15, 0.2) is 48.6 Å². The van der Waals surface area contributed by atoms with Crippen LogP contribution >= 0.6 is 0 Å². The van der Waals surface area contributed by atoms with Gasteiger partial charge >= 0.3 is 0 Å². The van der Waals surface area contributed by atoms with Crippen molar-refractivity contribution in [2.24, 2.45) is 0 Å². The maximum Gasteiger partial charge on any atom is 0.188 e. The van der Waals surface area contributed by atoms with Crippen molar-refractivity contribution >= 4 is 17.7 Å². The number of phenolic OH excluding ortho intramolecular Hbond substituents is 1. The Hall–Kier alpha value is -3.16. The number of carbonyl (C=O) groups is 1. The molecule has 0 aliphatic rings. The summed E-state index contributed by atoms with van der Waals surface area (Å²) in [5, 5.41) is 27.2. The summed E-state index contributed by atoms with van der Waals surface area (Å²) in [6.45, 7) is 22.8. The molecular weight excluding hydrogens is 553 g/mol. The predicted octanol–water partition coefficient (Wildman–Crippen LogP) is 9.98. The number of rotatable bonds is 15. The zero-order valence-electron chi connectivity index (χ0n) is 29.2. The van der Waals surface area contributed by atoms with E-state index < -0.39 is 6.86 Å². The number of hydrogen-bond donors (Lipinski definition) is 4. The number of nitrogens with one attached hydrogen (secondary N) is 3. The summed E-state index contributed by atoms with van der Waals surface area (Å²) < 4.78 is 14.9. The van der Waals surface area contributed by atoms with Crippen LogP contribution in [0.1, 0.15) is 120 Å². The van der Waals surface area contributed by atoms with Gasteiger partial charge in [0.15, 0.2) is 12.6 Å². The summed E-state index contributed by atoms with van der Waals surface area (Å²) in [6.07, 6.45) is 7.02. The number of carbonyl (C=O) groups excluding carboxylic acids is 1. The summed E-state index contributed by atoms with van der Waals surface area (Å²) in [6, 6.07) is 12.1. The Kier molecular flexibility index (Phi) is 32.2. The summed E-state index contributed by atoms with van der Waals surface area (Å²) in [5.74, 6) is 0.343. The maximum atomic E-state index is 12.2. The number of Topliss-reactive ketones (excluding diaryl/α,β-unsaturated/α-hetero) is 1. The van der Waals surface area contributed by atoms with Gasteiger partial charge in [0.1, 0.15) is 5.75 Å². The highest BCUT2D eigenvalue weighted by atomic mass is 19.1. The molecule has 0 aliphatic carbocycles. The van der Waals surface area contributed by atoms with Crippen LogP contribution in [-0.2, 0) is 24.1 Å². The molecule has 6 nitrogen and oxygen atoms in total. The summed E-state index contributed by atoms with van der Waals surface area (Å²) >= 11 is 0. The molecule has 0 spiro atoms. The third kappa shape index (κ3) is 23.3. The van der Waals surface area contributed by atoms with Crippen molar-refractivity contribution in [3.63, 3.8) is 0 Å². The first-order chi connectivity index (χ1) is 21.1. The highest BCUT2D eigenvalue weighted by Gasteiger charge is 2.15. The molecular formula is C37H62FN3O3. The third-order valence-electron chi connectivity index (χ3n) is 5.95. The third-order valence-corrected chi connectivity index (χ3v) is 5.95. The monoisotopic (exact) mass is 615 g/mol. The number of alkyl halides is 1. The van der Waals surface area contributed by atoms with Gasteiger partial charge in [-0.2, -0.15) is 0 Å². The quantitative estimate of drug-likeness (QED) is 0.0908. The second-order valence-electron chi connectivity index (χ2n) is 9.78. The Morgan fingerprint density at radius 2 is 1.66 bits per heavy atom. The minimum atomic E-state index is -0.656. The van der Waals surface area contributed by atoms with Gasteiger partial charge in [-0.15, -0.1) is 0 Å². The number of benzene rings is 2. The van der Waals surface area contributed by atoms with Gasteiger partial charge in [0.2, 0.25) is 0 Å². The lowest BCUT2D eigenvalue weighted by Gasteiger charge is -2.13. The Balaban J connectivity index is -0.000000618. The van der Waals surface area contributed by atoms with Crippen LogP contribution in [0.25, 0.3) is 0 Å². The first kappa shape index (κ1) is 45.3. The van der Waals surface area contributed by atoms with Crippen molar-refractivity contribution in [3.05, 3.63) is 76.4 Å². The average molecular weight is 616 g/mol. The van der Waals surface area contributed by atoms with E-state index in [0.29, 0.717) is 31.6 Å². The summed E-state index contributed by atoms with van der Waals surface area (Å²) in [5.41, 5.74) is 6.90. The number of halogens is 1. The minimum Gasteiger partial charge on any atom is -0.508 e. The summed E-state index contributed by atoms with van der Waals surface area (Å²) in [7, 11) is 0. The molecule has 4 N–H and O–H groups in total. The Morgan fingerprint density at radius 1 is 1.05 bits per heavy atom. The SMILES string of the molecule is C=C(CC)CNCc1cc(O)c(CC)c(C(=O)CCC)c1.CC.CC=N.CCCC(=N)Cc1cccc(C)c1.CCOCF. The maximum absolute atomic E-state index is 12.2. The van der Waals surface area contributed by atoms with Crippen molar-refractivity contribution in [1.82, 2.24) is 5.32 Å². The molecule has 0 bridgehead atoms. The molecule has 44 heavy (non-hydrogen) atoms.